The van der Waals surface area contributed by atoms with Gasteiger partial charge in [0.25, 0.3) is 0 Å². The largest absolute Gasteiger partial charge is 0.314 e. The number of rotatable bonds is 8. The summed E-state index contributed by atoms with van der Waals surface area (Å²) in [4.78, 5) is 0. The van der Waals surface area contributed by atoms with Gasteiger partial charge in [0.05, 0.1) is 0 Å². The SMILES string of the molecule is CCCNC(C)CCS(=O)CC1CCCC1. The second kappa shape index (κ2) is 8.24. The van der Waals surface area contributed by atoms with Crippen LogP contribution >= 0.6 is 0 Å². The summed E-state index contributed by atoms with van der Waals surface area (Å²) < 4.78 is 11.9. The van der Waals surface area contributed by atoms with Crippen LogP contribution in [0, 0.1) is 5.92 Å². The lowest BCUT2D eigenvalue weighted by atomic mass is 10.1. The molecule has 0 spiro atoms. The van der Waals surface area contributed by atoms with Gasteiger partial charge in [0.1, 0.15) is 0 Å². The second-order valence-electron chi connectivity index (χ2n) is 5.10. The molecule has 0 saturated heterocycles. The molecule has 0 radical (unpaired) electrons. The summed E-state index contributed by atoms with van der Waals surface area (Å²) in [5.74, 6) is 2.61. The summed E-state index contributed by atoms with van der Waals surface area (Å²) in [5.41, 5.74) is 0. The minimum Gasteiger partial charge on any atom is -0.314 e. The third kappa shape index (κ3) is 6.00. The highest BCUT2D eigenvalue weighted by atomic mass is 32.2. The predicted molar refractivity (Wildman–Crippen MR) is 72.2 cm³/mol. The molecule has 3 heteroatoms. The Balaban J connectivity index is 2.04. The summed E-state index contributed by atoms with van der Waals surface area (Å²) in [6.07, 6.45) is 7.58. The molecule has 16 heavy (non-hydrogen) atoms. The third-order valence-corrected chi connectivity index (χ3v) is 4.95. The van der Waals surface area contributed by atoms with Crippen molar-refractivity contribution in [1.29, 1.82) is 0 Å². The quantitative estimate of drug-likeness (QED) is 0.712. The van der Waals surface area contributed by atoms with E-state index in [0.717, 1.165) is 30.4 Å². The first-order valence-corrected chi connectivity index (χ1v) is 8.29. The van der Waals surface area contributed by atoms with Crippen molar-refractivity contribution in [3.05, 3.63) is 0 Å². The molecule has 2 unspecified atom stereocenters. The van der Waals surface area contributed by atoms with Crippen LogP contribution in [0.3, 0.4) is 0 Å². The molecular formula is C13H27NOS. The van der Waals surface area contributed by atoms with E-state index in [-0.39, 0.29) is 0 Å². The predicted octanol–water partition coefficient (Wildman–Crippen LogP) is 2.70. The Kier molecular flexibility index (Phi) is 7.30. The van der Waals surface area contributed by atoms with E-state index in [1.807, 2.05) is 0 Å². The van der Waals surface area contributed by atoms with Crippen LogP contribution in [-0.2, 0) is 10.8 Å². The van der Waals surface area contributed by atoms with E-state index in [1.165, 1.54) is 32.1 Å². The maximum Gasteiger partial charge on any atom is 0.0263 e. The first-order chi connectivity index (χ1) is 7.72. The minimum atomic E-state index is -0.576. The zero-order valence-electron chi connectivity index (χ0n) is 10.8. The molecule has 1 aliphatic rings. The van der Waals surface area contributed by atoms with Crippen LogP contribution in [0.2, 0.25) is 0 Å². The lowest BCUT2D eigenvalue weighted by Crippen LogP contribution is -2.28. The van der Waals surface area contributed by atoms with Crippen molar-refractivity contribution in [3.63, 3.8) is 0 Å². The average Bonchev–Trinajstić information content (AvgIpc) is 2.76. The number of hydrogen-bond donors (Lipinski definition) is 1. The Morgan fingerprint density at radius 2 is 2.06 bits per heavy atom. The van der Waals surface area contributed by atoms with Crippen molar-refractivity contribution in [2.24, 2.45) is 5.92 Å². The van der Waals surface area contributed by atoms with Gasteiger partial charge in [-0.1, -0.05) is 19.8 Å². The molecule has 0 heterocycles. The van der Waals surface area contributed by atoms with Gasteiger partial charge in [0.15, 0.2) is 0 Å². The van der Waals surface area contributed by atoms with Crippen LogP contribution in [-0.4, -0.2) is 28.3 Å². The topological polar surface area (TPSA) is 29.1 Å². The molecule has 1 rings (SSSR count). The van der Waals surface area contributed by atoms with Gasteiger partial charge in [-0.05, 0) is 45.1 Å². The van der Waals surface area contributed by atoms with Gasteiger partial charge < -0.3 is 5.32 Å². The number of hydrogen-bond acceptors (Lipinski definition) is 2. The molecule has 1 saturated carbocycles. The number of nitrogens with one attached hydrogen (secondary N) is 1. The molecule has 1 aliphatic carbocycles. The smallest absolute Gasteiger partial charge is 0.0263 e. The van der Waals surface area contributed by atoms with Crippen LogP contribution in [0.25, 0.3) is 0 Å². The third-order valence-electron chi connectivity index (χ3n) is 3.42. The normalized spacial score (nSPS) is 21.1. The Bertz CT molecular complexity index is 202. The Morgan fingerprint density at radius 1 is 1.38 bits per heavy atom. The zero-order valence-corrected chi connectivity index (χ0v) is 11.7. The molecular weight excluding hydrogens is 218 g/mol. The van der Waals surface area contributed by atoms with E-state index in [2.05, 4.69) is 19.2 Å². The van der Waals surface area contributed by atoms with Gasteiger partial charge in [0.2, 0.25) is 0 Å². The molecule has 2 atom stereocenters. The Morgan fingerprint density at radius 3 is 2.69 bits per heavy atom. The molecule has 0 aromatic heterocycles. The molecule has 1 N–H and O–H groups in total. The standard InChI is InChI=1S/C13H27NOS/c1-3-9-14-12(2)8-10-16(15)11-13-6-4-5-7-13/h12-14H,3-11H2,1-2H3. The molecule has 0 amide bonds. The molecule has 0 aromatic rings. The highest BCUT2D eigenvalue weighted by Gasteiger charge is 2.17. The molecule has 1 fully saturated rings. The average molecular weight is 245 g/mol. The fourth-order valence-electron chi connectivity index (χ4n) is 2.32. The monoisotopic (exact) mass is 245 g/mol. The van der Waals surface area contributed by atoms with Gasteiger partial charge in [-0.15, -0.1) is 0 Å². The van der Waals surface area contributed by atoms with Gasteiger partial charge >= 0.3 is 0 Å². The van der Waals surface area contributed by atoms with E-state index < -0.39 is 10.8 Å². The van der Waals surface area contributed by atoms with Crippen LogP contribution in [0.15, 0.2) is 0 Å². The summed E-state index contributed by atoms with van der Waals surface area (Å²) in [6, 6.07) is 0.521. The fraction of sp³-hybridized carbons (Fsp3) is 1.00. The lowest BCUT2D eigenvalue weighted by molar-refractivity contribution is 0.531. The van der Waals surface area contributed by atoms with E-state index in [1.54, 1.807) is 0 Å². The van der Waals surface area contributed by atoms with Crippen molar-refractivity contribution in [3.8, 4) is 0 Å². The minimum absolute atomic E-state index is 0.521. The van der Waals surface area contributed by atoms with E-state index in [4.69, 9.17) is 0 Å². The van der Waals surface area contributed by atoms with Gasteiger partial charge in [0, 0.05) is 28.3 Å². The zero-order chi connectivity index (χ0) is 11.8. The Labute approximate surface area is 103 Å². The summed E-state index contributed by atoms with van der Waals surface area (Å²) >= 11 is 0. The highest BCUT2D eigenvalue weighted by molar-refractivity contribution is 7.84. The van der Waals surface area contributed by atoms with Crippen molar-refractivity contribution in [2.45, 2.75) is 58.4 Å². The second-order valence-corrected chi connectivity index (χ2v) is 6.73. The summed E-state index contributed by atoms with van der Waals surface area (Å²) in [6.45, 7) is 5.46. The van der Waals surface area contributed by atoms with Crippen molar-refractivity contribution >= 4 is 10.8 Å². The summed E-state index contributed by atoms with van der Waals surface area (Å²) in [7, 11) is -0.576. The molecule has 96 valence electrons. The van der Waals surface area contributed by atoms with E-state index in [0.29, 0.717) is 6.04 Å². The molecule has 0 aromatic carbocycles. The van der Waals surface area contributed by atoms with Crippen LogP contribution in [0.1, 0.15) is 52.4 Å². The van der Waals surface area contributed by atoms with Crippen molar-refractivity contribution < 1.29 is 4.21 Å². The van der Waals surface area contributed by atoms with E-state index in [9.17, 15) is 4.21 Å². The van der Waals surface area contributed by atoms with E-state index >= 15 is 0 Å². The van der Waals surface area contributed by atoms with Crippen molar-refractivity contribution in [2.75, 3.05) is 18.1 Å². The van der Waals surface area contributed by atoms with Gasteiger partial charge in [-0.3, -0.25) is 4.21 Å². The fourth-order valence-corrected chi connectivity index (χ4v) is 3.97. The molecule has 2 nitrogen and oxygen atoms in total. The van der Waals surface area contributed by atoms with Gasteiger partial charge in [-0.2, -0.15) is 0 Å². The maximum atomic E-state index is 11.9. The molecule has 0 bridgehead atoms. The maximum absolute atomic E-state index is 11.9. The lowest BCUT2D eigenvalue weighted by Gasteiger charge is -2.13. The first-order valence-electron chi connectivity index (χ1n) is 6.80. The highest BCUT2D eigenvalue weighted by Crippen LogP contribution is 2.25. The van der Waals surface area contributed by atoms with Crippen molar-refractivity contribution in [1.82, 2.24) is 5.32 Å². The Hall–Kier alpha value is 0.110. The first kappa shape index (κ1) is 14.2. The van der Waals surface area contributed by atoms with Crippen LogP contribution in [0.4, 0.5) is 0 Å². The summed E-state index contributed by atoms with van der Waals surface area (Å²) in [5, 5.41) is 3.45. The van der Waals surface area contributed by atoms with Crippen LogP contribution < -0.4 is 5.32 Å². The molecule has 0 aliphatic heterocycles. The van der Waals surface area contributed by atoms with Crippen LogP contribution in [0.5, 0.6) is 0 Å². The van der Waals surface area contributed by atoms with Gasteiger partial charge in [-0.25, -0.2) is 0 Å².